The molecule has 0 atom stereocenters. The zero-order valence-electron chi connectivity index (χ0n) is 10.3. The van der Waals surface area contributed by atoms with E-state index in [1.807, 2.05) is 6.07 Å². The third kappa shape index (κ3) is 2.72. The second kappa shape index (κ2) is 5.21. The van der Waals surface area contributed by atoms with E-state index in [2.05, 4.69) is 4.98 Å². The summed E-state index contributed by atoms with van der Waals surface area (Å²) in [5.74, 6) is 0. The van der Waals surface area contributed by atoms with Crippen LogP contribution in [0.1, 0.15) is 11.3 Å². The number of nitrogen functional groups attached to an aromatic ring is 1. The van der Waals surface area contributed by atoms with Crippen molar-refractivity contribution in [2.75, 3.05) is 5.73 Å². The summed E-state index contributed by atoms with van der Waals surface area (Å²) in [7, 11) is 0. The van der Waals surface area contributed by atoms with Gasteiger partial charge in [-0.3, -0.25) is 0 Å². The molecular formula is C14H10F3N3. The minimum absolute atomic E-state index is 0.0153. The van der Waals surface area contributed by atoms with E-state index in [0.717, 1.165) is 6.07 Å². The number of alkyl halides is 3. The van der Waals surface area contributed by atoms with E-state index < -0.39 is 11.7 Å². The molecule has 0 spiro atoms. The number of hydrogen-bond acceptors (Lipinski definition) is 3. The second-order valence-corrected chi connectivity index (χ2v) is 4.12. The fourth-order valence-corrected chi connectivity index (χ4v) is 1.84. The van der Waals surface area contributed by atoms with E-state index >= 15 is 0 Å². The van der Waals surface area contributed by atoms with Gasteiger partial charge < -0.3 is 5.73 Å². The third-order valence-corrected chi connectivity index (χ3v) is 2.73. The summed E-state index contributed by atoms with van der Waals surface area (Å²) >= 11 is 0. The highest BCUT2D eigenvalue weighted by Crippen LogP contribution is 2.37. The van der Waals surface area contributed by atoms with Gasteiger partial charge in [0.15, 0.2) is 0 Å². The molecule has 0 bridgehead atoms. The van der Waals surface area contributed by atoms with Crippen molar-refractivity contribution >= 4 is 5.69 Å². The maximum atomic E-state index is 13.0. The van der Waals surface area contributed by atoms with Crippen molar-refractivity contribution in [1.29, 1.82) is 5.26 Å². The zero-order chi connectivity index (χ0) is 14.8. The van der Waals surface area contributed by atoms with Crippen LogP contribution in [-0.2, 0) is 12.6 Å². The lowest BCUT2D eigenvalue weighted by Crippen LogP contribution is -2.08. The Morgan fingerprint density at radius 1 is 1.15 bits per heavy atom. The first-order valence-electron chi connectivity index (χ1n) is 5.72. The van der Waals surface area contributed by atoms with Gasteiger partial charge in [0.2, 0.25) is 0 Å². The van der Waals surface area contributed by atoms with Crippen LogP contribution in [0, 0.1) is 11.3 Å². The Bertz CT molecular complexity index is 672. The highest BCUT2D eigenvalue weighted by atomic mass is 19.4. The van der Waals surface area contributed by atoms with Crippen LogP contribution >= 0.6 is 0 Å². The summed E-state index contributed by atoms with van der Waals surface area (Å²) in [6.45, 7) is 0. The molecule has 0 saturated heterocycles. The second-order valence-electron chi connectivity index (χ2n) is 4.12. The first-order valence-corrected chi connectivity index (χ1v) is 5.72. The molecule has 1 heterocycles. The normalized spacial score (nSPS) is 11.1. The Hall–Kier alpha value is -2.55. The standard InChI is InChI=1S/C14H10F3N3/c15-14(16,17)11-4-2-1-3-10(11)13-12(19)6-5-9(20-13)7-8-18/h1-6H,7,19H2. The molecule has 1 aromatic heterocycles. The maximum Gasteiger partial charge on any atom is 0.417 e. The van der Waals surface area contributed by atoms with Gasteiger partial charge in [0.25, 0.3) is 0 Å². The Morgan fingerprint density at radius 3 is 2.50 bits per heavy atom. The zero-order valence-corrected chi connectivity index (χ0v) is 10.3. The first-order chi connectivity index (χ1) is 9.43. The highest BCUT2D eigenvalue weighted by Gasteiger charge is 2.34. The summed E-state index contributed by atoms with van der Waals surface area (Å²) in [4.78, 5) is 4.06. The number of halogens is 3. The van der Waals surface area contributed by atoms with Crippen LogP contribution in [0.4, 0.5) is 18.9 Å². The number of nitrogens with zero attached hydrogens (tertiary/aromatic N) is 2. The molecule has 2 aromatic rings. The lowest BCUT2D eigenvalue weighted by atomic mass is 10.0. The number of anilines is 1. The van der Waals surface area contributed by atoms with Crippen LogP contribution in [0.15, 0.2) is 36.4 Å². The largest absolute Gasteiger partial charge is 0.417 e. The quantitative estimate of drug-likeness (QED) is 0.914. The van der Waals surface area contributed by atoms with Gasteiger partial charge in [0.1, 0.15) is 0 Å². The van der Waals surface area contributed by atoms with Crippen LogP contribution in [0.25, 0.3) is 11.3 Å². The van der Waals surface area contributed by atoms with E-state index in [1.54, 1.807) is 0 Å². The van der Waals surface area contributed by atoms with Crippen molar-refractivity contribution in [1.82, 2.24) is 4.98 Å². The summed E-state index contributed by atoms with van der Waals surface area (Å²) < 4.78 is 39.0. The minimum Gasteiger partial charge on any atom is -0.397 e. The van der Waals surface area contributed by atoms with Crippen molar-refractivity contribution < 1.29 is 13.2 Å². The maximum absolute atomic E-state index is 13.0. The first kappa shape index (κ1) is 13.9. The molecule has 0 unspecified atom stereocenters. The molecule has 0 aliphatic rings. The van der Waals surface area contributed by atoms with Crippen molar-refractivity contribution in [2.24, 2.45) is 0 Å². The van der Waals surface area contributed by atoms with Crippen molar-refractivity contribution in [3.05, 3.63) is 47.7 Å². The van der Waals surface area contributed by atoms with Gasteiger partial charge in [-0.05, 0) is 18.2 Å². The smallest absolute Gasteiger partial charge is 0.397 e. The molecule has 2 rings (SSSR count). The van der Waals surface area contributed by atoms with E-state index in [1.165, 1.54) is 30.3 Å². The van der Waals surface area contributed by atoms with E-state index in [9.17, 15) is 13.2 Å². The number of rotatable bonds is 2. The predicted molar refractivity (Wildman–Crippen MR) is 68.4 cm³/mol. The molecule has 2 N–H and O–H groups in total. The lowest BCUT2D eigenvalue weighted by Gasteiger charge is -2.14. The van der Waals surface area contributed by atoms with Crippen molar-refractivity contribution in [3.63, 3.8) is 0 Å². The average Bonchev–Trinajstić information content (AvgIpc) is 2.40. The van der Waals surface area contributed by atoms with E-state index in [4.69, 9.17) is 11.0 Å². The number of nitriles is 1. The van der Waals surface area contributed by atoms with Gasteiger partial charge in [-0.15, -0.1) is 0 Å². The van der Waals surface area contributed by atoms with Gasteiger partial charge in [0, 0.05) is 5.56 Å². The van der Waals surface area contributed by atoms with Gasteiger partial charge in [-0.25, -0.2) is 4.98 Å². The molecule has 20 heavy (non-hydrogen) atoms. The molecule has 102 valence electrons. The third-order valence-electron chi connectivity index (χ3n) is 2.73. The molecule has 1 aromatic carbocycles. The van der Waals surface area contributed by atoms with Crippen LogP contribution in [0.3, 0.4) is 0 Å². The Kier molecular flexibility index (Phi) is 3.61. The monoisotopic (exact) mass is 277 g/mol. The summed E-state index contributed by atoms with van der Waals surface area (Å²) in [5.41, 5.74) is 5.41. The molecule has 0 amide bonds. The fourth-order valence-electron chi connectivity index (χ4n) is 1.84. The number of hydrogen-bond donors (Lipinski definition) is 1. The van der Waals surface area contributed by atoms with E-state index in [0.29, 0.717) is 5.69 Å². The molecule has 0 aliphatic carbocycles. The lowest BCUT2D eigenvalue weighted by molar-refractivity contribution is -0.137. The molecule has 0 saturated carbocycles. The minimum atomic E-state index is -4.49. The predicted octanol–water partition coefficient (Wildman–Crippen LogP) is 3.42. The van der Waals surface area contributed by atoms with Gasteiger partial charge in [-0.1, -0.05) is 18.2 Å². The van der Waals surface area contributed by atoms with E-state index in [-0.39, 0.29) is 23.4 Å². The molecule has 0 fully saturated rings. The Balaban J connectivity index is 2.63. The van der Waals surface area contributed by atoms with Gasteiger partial charge in [0.05, 0.1) is 35.1 Å². The molecule has 0 aliphatic heterocycles. The SMILES string of the molecule is N#CCc1ccc(N)c(-c2ccccc2C(F)(F)F)n1. The van der Waals surface area contributed by atoms with Crippen molar-refractivity contribution in [2.45, 2.75) is 12.6 Å². The number of benzene rings is 1. The molecule has 3 nitrogen and oxygen atoms in total. The highest BCUT2D eigenvalue weighted by molar-refractivity contribution is 5.75. The summed E-state index contributed by atoms with van der Waals surface area (Å²) in [5, 5.41) is 8.63. The topological polar surface area (TPSA) is 62.7 Å². The molecule has 0 radical (unpaired) electrons. The van der Waals surface area contributed by atoms with Crippen LogP contribution in [-0.4, -0.2) is 4.98 Å². The Labute approximate surface area is 113 Å². The fraction of sp³-hybridized carbons (Fsp3) is 0.143. The van der Waals surface area contributed by atoms with Gasteiger partial charge >= 0.3 is 6.18 Å². The number of aromatic nitrogens is 1. The van der Waals surface area contributed by atoms with Crippen molar-refractivity contribution in [3.8, 4) is 17.3 Å². The summed E-state index contributed by atoms with van der Waals surface area (Å²) in [6.07, 6.45) is -4.47. The van der Waals surface area contributed by atoms with Crippen LogP contribution in [0.5, 0.6) is 0 Å². The van der Waals surface area contributed by atoms with Crippen LogP contribution in [0.2, 0.25) is 0 Å². The Morgan fingerprint density at radius 2 is 1.85 bits per heavy atom. The molecule has 6 heteroatoms. The average molecular weight is 277 g/mol. The summed E-state index contributed by atoms with van der Waals surface area (Å²) in [6, 6.07) is 9.98. The van der Waals surface area contributed by atoms with Gasteiger partial charge in [-0.2, -0.15) is 18.4 Å². The number of nitrogens with two attached hydrogens (primary N) is 1. The van der Waals surface area contributed by atoms with Crippen LogP contribution < -0.4 is 5.73 Å². The molecular weight excluding hydrogens is 267 g/mol. The number of pyridine rings is 1.